The second kappa shape index (κ2) is 6.56. The summed E-state index contributed by atoms with van der Waals surface area (Å²) in [5.41, 5.74) is 5.87. The molecule has 6 nitrogen and oxygen atoms in total. The van der Waals surface area contributed by atoms with Gasteiger partial charge in [-0.2, -0.15) is 0 Å². The van der Waals surface area contributed by atoms with Gasteiger partial charge in [0.05, 0.1) is 0 Å². The predicted octanol–water partition coefficient (Wildman–Crippen LogP) is 0.194. The van der Waals surface area contributed by atoms with Crippen molar-refractivity contribution in [1.29, 1.82) is 0 Å². The van der Waals surface area contributed by atoms with Crippen molar-refractivity contribution in [1.82, 2.24) is 9.47 Å². The maximum absolute atomic E-state index is 12.4. The Morgan fingerprint density at radius 2 is 2.20 bits per heavy atom. The number of aliphatic hydroxyl groups is 1. The van der Waals surface area contributed by atoms with E-state index >= 15 is 0 Å². The maximum Gasteiger partial charge on any atom is 0.251 e. The Balaban J connectivity index is 2.07. The summed E-state index contributed by atoms with van der Waals surface area (Å²) in [7, 11) is 0. The van der Waals surface area contributed by atoms with E-state index in [-0.39, 0.29) is 30.7 Å². The first-order valence-corrected chi connectivity index (χ1v) is 6.98. The quantitative estimate of drug-likeness (QED) is 0.778. The summed E-state index contributed by atoms with van der Waals surface area (Å²) in [5, 5.41) is 8.93. The van der Waals surface area contributed by atoms with Crippen LogP contribution in [0.5, 0.6) is 0 Å². The molecule has 1 aromatic rings. The Kier molecular flexibility index (Phi) is 4.79. The average molecular weight is 279 g/mol. The van der Waals surface area contributed by atoms with E-state index in [1.165, 1.54) is 22.9 Å². The van der Waals surface area contributed by atoms with Gasteiger partial charge in [-0.3, -0.25) is 9.59 Å². The molecule has 6 heteroatoms. The van der Waals surface area contributed by atoms with Gasteiger partial charge in [-0.25, -0.2) is 0 Å². The van der Waals surface area contributed by atoms with E-state index in [2.05, 4.69) is 0 Å². The van der Waals surface area contributed by atoms with Crippen LogP contribution in [0.3, 0.4) is 0 Å². The summed E-state index contributed by atoms with van der Waals surface area (Å²) >= 11 is 0. The normalized spacial score (nSPS) is 14.8. The highest BCUT2D eigenvalue weighted by Gasteiger charge is 2.28. The molecule has 1 aliphatic rings. The van der Waals surface area contributed by atoms with Crippen LogP contribution in [0.15, 0.2) is 23.1 Å². The molecule has 0 bridgehead atoms. The third-order valence-electron chi connectivity index (χ3n) is 3.70. The molecule has 20 heavy (non-hydrogen) atoms. The summed E-state index contributed by atoms with van der Waals surface area (Å²) in [6.07, 6.45) is 5.19. The summed E-state index contributed by atoms with van der Waals surface area (Å²) < 4.78 is 1.34. The van der Waals surface area contributed by atoms with Crippen molar-refractivity contribution in [2.75, 3.05) is 18.9 Å². The smallest absolute Gasteiger partial charge is 0.251 e. The molecule has 0 saturated heterocycles. The van der Waals surface area contributed by atoms with Crippen molar-refractivity contribution >= 4 is 11.6 Å². The number of rotatable bonds is 6. The number of carbonyl (C=O) groups is 1. The first-order valence-electron chi connectivity index (χ1n) is 6.98. The van der Waals surface area contributed by atoms with E-state index in [1.54, 1.807) is 4.90 Å². The van der Waals surface area contributed by atoms with Crippen molar-refractivity contribution in [3.63, 3.8) is 0 Å². The number of aromatic nitrogens is 1. The molecule has 0 unspecified atom stereocenters. The van der Waals surface area contributed by atoms with Crippen LogP contribution in [0.1, 0.15) is 25.7 Å². The minimum atomic E-state index is -0.233. The molecule has 0 aliphatic heterocycles. The second-order valence-corrected chi connectivity index (χ2v) is 5.18. The summed E-state index contributed by atoms with van der Waals surface area (Å²) in [6, 6.07) is 3.15. The number of nitrogens with zero attached hydrogens (tertiary/aromatic N) is 2. The molecule has 110 valence electrons. The molecule has 3 N–H and O–H groups in total. The van der Waals surface area contributed by atoms with E-state index < -0.39 is 0 Å². The van der Waals surface area contributed by atoms with E-state index in [4.69, 9.17) is 10.8 Å². The standard InChI is InChI=1S/C14H21N3O3/c15-11-5-6-13(19)16(9-11)10-14(20)17(7-2-8-18)12-3-1-4-12/h5-6,9,12,18H,1-4,7-8,10,15H2. The molecule has 1 fully saturated rings. The lowest BCUT2D eigenvalue weighted by Gasteiger charge is -2.37. The van der Waals surface area contributed by atoms with Crippen molar-refractivity contribution in [3.8, 4) is 0 Å². The van der Waals surface area contributed by atoms with Crippen LogP contribution in [0.2, 0.25) is 0 Å². The molecule has 2 rings (SSSR count). The number of amides is 1. The molecule has 1 saturated carbocycles. The largest absolute Gasteiger partial charge is 0.398 e. The molecular weight excluding hydrogens is 258 g/mol. The van der Waals surface area contributed by atoms with Crippen molar-refractivity contribution in [2.45, 2.75) is 38.3 Å². The topological polar surface area (TPSA) is 88.6 Å². The van der Waals surface area contributed by atoms with Gasteiger partial charge in [-0.15, -0.1) is 0 Å². The minimum Gasteiger partial charge on any atom is -0.398 e. The first kappa shape index (κ1) is 14.6. The molecule has 1 aromatic heterocycles. The molecule has 0 atom stereocenters. The van der Waals surface area contributed by atoms with Crippen molar-refractivity contribution in [2.24, 2.45) is 0 Å². The molecule has 1 amide bonds. The zero-order valence-electron chi connectivity index (χ0n) is 11.5. The lowest BCUT2D eigenvalue weighted by atomic mass is 9.91. The monoisotopic (exact) mass is 279 g/mol. The number of nitrogens with two attached hydrogens (primary N) is 1. The van der Waals surface area contributed by atoms with Gasteiger partial charge in [0, 0.05) is 37.1 Å². The van der Waals surface area contributed by atoms with Crippen LogP contribution in [0, 0.1) is 0 Å². The van der Waals surface area contributed by atoms with Crippen molar-refractivity contribution in [3.05, 3.63) is 28.7 Å². The second-order valence-electron chi connectivity index (χ2n) is 5.18. The fourth-order valence-corrected chi connectivity index (χ4v) is 2.36. The average Bonchev–Trinajstić information content (AvgIpc) is 2.36. The number of nitrogen functional groups attached to an aromatic ring is 1. The molecule has 0 aromatic carbocycles. The molecule has 1 aliphatic carbocycles. The Morgan fingerprint density at radius 1 is 1.45 bits per heavy atom. The Labute approximate surface area is 117 Å². The van der Waals surface area contributed by atoms with Crippen LogP contribution in [-0.2, 0) is 11.3 Å². The van der Waals surface area contributed by atoms with Gasteiger partial charge in [-0.1, -0.05) is 0 Å². The number of aliphatic hydroxyl groups excluding tert-OH is 1. The fraction of sp³-hybridized carbons (Fsp3) is 0.571. The SMILES string of the molecule is Nc1ccc(=O)n(CC(=O)N(CCCO)C2CCC2)c1. The van der Waals surface area contributed by atoms with Crippen LogP contribution in [-0.4, -0.2) is 39.7 Å². The van der Waals surface area contributed by atoms with E-state index in [1.807, 2.05) is 0 Å². The summed E-state index contributed by atoms with van der Waals surface area (Å²) in [4.78, 5) is 25.8. The van der Waals surface area contributed by atoms with Gasteiger partial charge in [-0.05, 0) is 31.7 Å². The van der Waals surface area contributed by atoms with Crippen LogP contribution >= 0.6 is 0 Å². The maximum atomic E-state index is 12.4. The zero-order chi connectivity index (χ0) is 14.5. The minimum absolute atomic E-state index is 0.00576. The van der Waals surface area contributed by atoms with Crippen LogP contribution < -0.4 is 11.3 Å². The summed E-state index contributed by atoms with van der Waals surface area (Å²) in [6.45, 7) is 0.609. The number of hydrogen-bond donors (Lipinski definition) is 2. The number of carbonyl (C=O) groups excluding carboxylic acids is 1. The van der Waals surface area contributed by atoms with Crippen molar-refractivity contribution < 1.29 is 9.90 Å². The van der Waals surface area contributed by atoms with E-state index in [9.17, 15) is 9.59 Å². The number of anilines is 1. The zero-order valence-corrected chi connectivity index (χ0v) is 11.5. The first-order chi connectivity index (χ1) is 9.61. The predicted molar refractivity (Wildman–Crippen MR) is 76.2 cm³/mol. The van der Waals surface area contributed by atoms with E-state index in [0.29, 0.717) is 18.7 Å². The highest BCUT2D eigenvalue weighted by Crippen LogP contribution is 2.25. The van der Waals surface area contributed by atoms with Gasteiger partial charge < -0.3 is 20.3 Å². The van der Waals surface area contributed by atoms with Gasteiger partial charge in [0.1, 0.15) is 6.54 Å². The third-order valence-corrected chi connectivity index (χ3v) is 3.70. The molecule has 0 spiro atoms. The highest BCUT2D eigenvalue weighted by molar-refractivity contribution is 5.76. The van der Waals surface area contributed by atoms with Gasteiger partial charge in [0.2, 0.25) is 5.91 Å². The highest BCUT2D eigenvalue weighted by atomic mass is 16.3. The number of pyridine rings is 1. The fourth-order valence-electron chi connectivity index (χ4n) is 2.36. The summed E-state index contributed by atoms with van der Waals surface area (Å²) in [5.74, 6) is -0.0872. The van der Waals surface area contributed by atoms with Gasteiger partial charge in [0.15, 0.2) is 0 Å². The molecule has 0 radical (unpaired) electrons. The molecule has 1 heterocycles. The van der Waals surface area contributed by atoms with Crippen LogP contribution in [0.4, 0.5) is 5.69 Å². The Hall–Kier alpha value is -1.82. The Morgan fingerprint density at radius 3 is 2.80 bits per heavy atom. The van der Waals surface area contributed by atoms with Gasteiger partial charge >= 0.3 is 0 Å². The molecular formula is C14H21N3O3. The van der Waals surface area contributed by atoms with Crippen LogP contribution in [0.25, 0.3) is 0 Å². The third kappa shape index (κ3) is 3.39. The lowest BCUT2D eigenvalue weighted by Crippen LogP contribution is -2.47. The lowest BCUT2D eigenvalue weighted by molar-refractivity contribution is -0.136. The number of hydrogen-bond acceptors (Lipinski definition) is 4. The van der Waals surface area contributed by atoms with Gasteiger partial charge in [0.25, 0.3) is 5.56 Å². The van der Waals surface area contributed by atoms with E-state index in [0.717, 1.165) is 19.3 Å². The Bertz CT molecular complexity index is 523.